The molecule has 110 valence electrons. The zero-order valence-corrected chi connectivity index (χ0v) is 13.5. The molecule has 0 unspecified atom stereocenters. The van der Waals surface area contributed by atoms with Crippen molar-refractivity contribution in [2.24, 2.45) is 0 Å². The highest BCUT2D eigenvalue weighted by Gasteiger charge is 2.23. The van der Waals surface area contributed by atoms with Crippen molar-refractivity contribution in [2.45, 2.75) is 33.1 Å². The molecular formula is C17H19NO2S. The number of benzene rings is 1. The molecule has 0 aliphatic rings. The van der Waals surface area contributed by atoms with E-state index >= 15 is 0 Å². The van der Waals surface area contributed by atoms with E-state index in [0.29, 0.717) is 0 Å². The Morgan fingerprint density at radius 1 is 1.29 bits per heavy atom. The molecule has 1 N–H and O–H groups in total. The van der Waals surface area contributed by atoms with E-state index < -0.39 is 5.97 Å². The molecule has 3 nitrogen and oxygen atoms in total. The maximum atomic E-state index is 10.8. The number of rotatable bonds is 3. The lowest BCUT2D eigenvalue weighted by atomic mass is 9.91. The summed E-state index contributed by atoms with van der Waals surface area (Å²) in [6.45, 7) is 8.31. The molecule has 0 radical (unpaired) electrons. The Bertz CT molecular complexity index is 693. The molecule has 0 atom stereocenters. The number of aromatic nitrogens is 1. The maximum absolute atomic E-state index is 10.8. The summed E-state index contributed by atoms with van der Waals surface area (Å²) in [5, 5.41) is 9.77. The summed E-state index contributed by atoms with van der Waals surface area (Å²) in [7, 11) is 0. The van der Waals surface area contributed by atoms with Gasteiger partial charge >= 0.3 is 5.97 Å². The summed E-state index contributed by atoms with van der Waals surface area (Å²) in [5.74, 6) is -0.944. The van der Waals surface area contributed by atoms with Gasteiger partial charge in [-0.2, -0.15) is 0 Å². The zero-order chi connectivity index (χ0) is 15.6. The van der Waals surface area contributed by atoms with Crippen LogP contribution in [0.15, 0.2) is 30.3 Å². The number of hydrogen-bond donors (Lipinski definition) is 1. The Hall–Kier alpha value is -1.94. The van der Waals surface area contributed by atoms with Gasteiger partial charge in [-0.15, -0.1) is 11.3 Å². The summed E-state index contributed by atoms with van der Waals surface area (Å²) in [5.41, 5.74) is 3.07. The average Bonchev–Trinajstić information content (AvgIpc) is 2.81. The first-order valence-electron chi connectivity index (χ1n) is 6.77. The van der Waals surface area contributed by atoms with Gasteiger partial charge in [-0.05, 0) is 18.6 Å². The second-order valence-electron chi connectivity index (χ2n) is 5.97. The first kappa shape index (κ1) is 15.4. The highest BCUT2D eigenvalue weighted by Crippen LogP contribution is 2.36. The van der Waals surface area contributed by atoms with Gasteiger partial charge in [0.1, 0.15) is 5.01 Å². The zero-order valence-electron chi connectivity index (χ0n) is 12.7. The topological polar surface area (TPSA) is 50.2 Å². The third-order valence-electron chi connectivity index (χ3n) is 3.12. The number of carbonyl (C=O) groups is 1. The van der Waals surface area contributed by atoms with Crippen molar-refractivity contribution in [3.05, 3.63) is 46.5 Å². The highest BCUT2D eigenvalue weighted by molar-refractivity contribution is 7.16. The van der Waals surface area contributed by atoms with Crippen molar-refractivity contribution in [1.29, 1.82) is 0 Å². The standard InChI is InChI=1S/C17H19NO2S/c1-11-7-5-6-8-12(11)16-18-15(17(2,3)4)13(21-16)9-10-14(19)20/h5-10H,1-4H3,(H,19,20)/b10-9+. The van der Waals surface area contributed by atoms with Crippen molar-refractivity contribution in [1.82, 2.24) is 4.98 Å². The van der Waals surface area contributed by atoms with Crippen LogP contribution in [-0.2, 0) is 10.2 Å². The van der Waals surface area contributed by atoms with E-state index in [1.165, 1.54) is 23.0 Å². The van der Waals surface area contributed by atoms with Crippen LogP contribution in [0.1, 0.15) is 36.9 Å². The van der Waals surface area contributed by atoms with Crippen LogP contribution in [0.3, 0.4) is 0 Å². The van der Waals surface area contributed by atoms with E-state index in [1.54, 1.807) is 6.08 Å². The SMILES string of the molecule is Cc1ccccc1-c1nc(C(C)(C)C)c(/C=C/C(=O)O)s1. The highest BCUT2D eigenvalue weighted by atomic mass is 32.1. The number of aryl methyl sites for hydroxylation is 1. The quantitative estimate of drug-likeness (QED) is 0.848. The van der Waals surface area contributed by atoms with Gasteiger partial charge in [0, 0.05) is 17.1 Å². The molecule has 0 saturated carbocycles. The van der Waals surface area contributed by atoms with E-state index in [0.717, 1.165) is 21.1 Å². The minimum atomic E-state index is -0.944. The number of carboxylic acid groups (broad SMARTS) is 1. The number of carboxylic acids is 1. The van der Waals surface area contributed by atoms with Gasteiger partial charge in [-0.1, -0.05) is 45.0 Å². The van der Waals surface area contributed by atoms with E-state index in [-0.39, 0.29) is 5.41 Å². The second-order valence-corrected chi connectivity index (χ2v) is 7.00. The third-order valence-corrected chi connectivity index (χ3v) is 4.17. The first-order chi connectivity index (χ1) is 9.79. The van der Waals surface area contributed by atoms with Crippen molar-refractivity contribution in [3.63, 3.8) is 0 Å². The summed E-state index contributed by atoms with van der Waals surface area (Å²) < 4.78 is 0. The van der Waals surface area contributed by atoms with E-state index in [4.69, 9.17) is 10.1 Å². The Balaban J connectivity index is 2.56. The molecule has 2 aromatic rings. The van der Waals surface area contributed by atoms with Crippen LogP contribution < -0.4 is 0 Å². The average molecular weight is 301 g/mol. The van der Waals surface area contributed by atoms with Crippen LogP contribution in [0.2, 0.25) is 0 Å². The predicted molar refractivity (Wildman–Crippen MR) is 87.7 cm³/mol. The van der Waals surface area contributed by atoms with E-state index in [2.05, 4.69) is 33.8 Å². The van der Waals surface area contributed by atoms with Gasteiger partial charge in [-0.25, -0.2) is 9.78 Å². The first-order valence-corrected chi connectivity index (χ1v) is 7.59. The van der Waals surface area contributed by atoms with Crippen LogP contribution in [0.25, 0.3) is 16.6 Å². The number of nitrogens with zero attached hydrogens (tertiary/aromatic N) is 1. The molecule has 1 heterocycles. The minimum absolute atomic E-state index is 0.129. The van der Waals surface area contributed by atoms with Crippen molar-refractivity contribution >= 4 is 23.4 Å². The summed E-state index contributed by atoms with van der Waals surface area (Å²) in [6, 6.07) is 8.10. The molecule has 21 heavy (non-hydrogen) atoms. The molecule has 1 aromatic heterocycles. The fourth-order valence-corrected chi connectivity index (χ4v) is 3.33. The Morgan fingerprint density at radius 3 is 2.52 bits per heavy atom. The van der Waals surface area contributed by atoms with Crippen molar-refractivity contribution in [3.8, 4) is 10.6 Å². The Kier molecular flexibility index (Phi) is 4.28. The molecule has 0 aliphatic heterocycles. The van der Waals surface area contributed by atoms with Gasteiger partial charge in [-0.3, -0.25) is 0 Å². The maximum Gasteiger partial charge on any atom is 0.328 e. The lowest BCUT2D eigenvalue weighted by Crippen LogP contribution is -2.13. The van der Waals surface area contributed by atoms with Crippen LogP contribution in [-0.4, -0.2) is 16.1 Å². The number of aliphatic carboxylic acids is 1. The van der Waals surface area contributed by atoms with Crippen molar-refractivity contribution in [2.75, 3.05) is 0 Å². The Morgan fingerprint density at radius 2 is 1.95 bits per heavy atom. The van der Waals surface area contributed by atoms with Gasteiger partial charge in [0.05, 0.1) is 10.6 Å². The normalized spacial score (nSPS) is 12.0. The summed E-state index contributed by atoms with van der Waals surface area (Å²) in [6.07, 6.45) is 2.81. The number of thiazole rings is 1. The van der Waals surface area contributed by atoms with Crippen LogP contribution in [0.4, 0.5) is 0 Å². The van der Waals surface area contributed by atoms with Gasteiger partial charge < -0.3 is 5.11 Å². The second kappa shape index (κ2) is 5.82. The minimum Gasteiger partial charge on any atom is -0.478 e. The molecule has 1 aromatic carbocycles. The molecule has 0 bridgehead atoms. The van der Waals surface area contributed by atoms with E-state index in [9.17, 15) is 4.79 Å². The number of hydrogen-bond acceptors (Lipinski definition) is 3. The van der Waals surface area contributed by atoms with Gasteiger partial charge in [0.2, 0.25) is 0 Å². The fourth-order valence-electron chi connectivity index (χ4n) is 2.06. The molecule has 0 aliphatic carbocycles. The van der Waals surface area contributed by atoms with Crippen LogP contribution >= 0.6 is 11.3 Å². The monoisotopic (exact) mass is 301 g/mol. The van der Waals surface area contributed by atoms with Crippen LogP contribution in [0, 0.1) is 6.92 Å². The predicted octanol–water partition coefficient (Wildman–Crippen LogP) is 4.51. The lowest BCUT2D eigenvalue weighted by molar-refractivity contribution is -0.131. The van der Waals surface area contributed by atoms with Gasteiger partial charge in [0.25, 0.3) is 0 Å². The smallest absolute Gasteiger partial charge is 0.328 e. The summed E-state index contributed by atoms with van der Waals surface area (Å²) in [4.78, 5) is 16.4. The third kappa shape index (κ3) is 3.58. The molecule has 2 rings (SSSR count). The largest absolute Gasteiger partial charge is 0.478 e. The van der Waals surface area contributed by atoms with Crippen LogP contribution in [0.5, 0.6) is 0 Å². The lowest BCUT2D eigenvalue weighted by Gasteiger charge is -2.16. The van der Waals surface area contributed by atoms with Crippen molar-refractivity contribution < 1.29 is 9.90 Å². The molecular weight excluding hydrogens is 282 g/mol. The molecule has 0 saturated heterocycles. The molecule has 4 heteroatoms. The molecule has 0 amide bonds. The fraction of sp³-hybridized carbons (Fsp3) is 0.294. The molecule has 0 spiro atoms. The Labute approximate surface area is 129 Å². The molecule has 0 fully saturated rings. The van der Waals surface area contributed by atoms with Gasteiger partial charge in [0.15, 0.2) is 0 Å². The summed E-state index contributed by atoms with van der Waals surface area (Å²) >= 11 is 1.53. The van der Waals surface area contributed by atoms with E-state index in [1.807, 2.05) is 18.2 Å².